The van der Waals surface area contributed by atoms with Gasteiger partial charge in [-0.2, -0.15) is 0 Å². The molecule has 1 aromatic carbocycles. The van der Waals surface area contributed by atoms with Crippen LogP contribution in [0.1, 0.15) is 45.2 Å². The Morgan fingerprint density at radius 1 is 1.33 bits per heavy atom. The Labute approximate surface area is 127 Å². The lowest BCUT2D eigenvalue weighted by Gasteiger charge is -2.23. The molecule has 1 saturated heterocycles. The van der Waals surface area contributed by atoms with Gasteiger partial charge in [0.05, 0.1) is 18.1 Å². The molecule has 3 heteroatoms. The predicted octanol–water partition coefficient (Wildman–Crippen LogP) is 3.54. The number of esters is 1. The highest BCUT2D eigenvalue weighted by Crippen LogP contribution is 2.23. The van der Waals surface area contributed by atoms with Crippen LogP contribution in [0.2, 0.25) is 0 Å². The van der Waals surface area contributed by atoms with E-state index in [4.69, 9.17) is 9.47 Å². The Morgan fingerprint density at radius 2 is 1.90 bits per heavy atom. The molecule has 0 spiro atoms. The molecular formula is C18H26O3. The summed E-state index contributed by atoms with van der Waals surface area (Å²) >= 11 is 0. The smallest absolute Gasteiger partial charge is 0.311 e. The van der Waals surface area contributed by atoms with Gasteiger partial charge in [-0.3, -0.25) is 4.79 Å². The van der Waals surface area contributed by atoms with Gasteiger partial charge >= 0.3 is 5.97 Å². The molecule has 1 aliphatic rings. The molecule has 0 amide bonds. The molecule has 1 heterocycles. The molecule has 0 bridgehead atoms. The van der Waals surface area contributed by atoms with Crippen molar-refractivity contribution in [2.75, 3.05) is 6.61 Å². The molecule has 1 fully saturated rings. The molecule has 1 aromatic rings. The van der Waals surface area contributed by atoms with Gasteiger partial charge in [-0.05, 0) is 38.3 Å². The van der Waals surface area contributed by atoms with Crippen LogP contribution in [0.25, 0.3) is 0 Å². The minimum absolute atomic E-state index is 0.0964. The maximum atomic E-state index is 12.0. The van der Waals surface area contributed by atoms with E-state index in [1.807, 2.05) is 27.7 Å². The van der Waals surface area contributed by atoms with Crippen LogP contribution in [-0.2, 0) is 27.1 Å². The fraction of sp³-hybridized carbons (Fsp3) is 0.611. The SMILES string of the molecule is CCC(C)(C)C(=O)OC(C)Cc1ccc(CC2CO2)cc1. The summed E-state index contributed by atoms with van der Waals surface area (Å²) in [6.07, 6.45) is 2.87. The van der Waals surface area contributed by atoms with Gasteiger partial charge in [0.2, 0.25) is 0 Å². The number of ether oxygens (including phenoxy) is 2. The monoisotopic (exact) mass is 290 g/mol. The average Bonchev–Trinajstić information content (AvgIpc) is 3.24. The van der Waals surface area contributed by atoms with E-state index in [-0.39, 0.29) is 12.1 Å². The Balaban J connectivity index is 1.84. The lowest BCUT2D eigenvalue weighted by molar-refractivity contribution is -0.158. The van der Waals surface area contributed by atoms with Crippen LogP contribution in [-0.4, -0.2) is 24.8 Å². The second kappa shape index (κ2) is 6.61. The van der Waals surface area contributed by atoms with Gasteiger partial charge in [-0.1, -0.05) is 31.2 Å². The maximum absolute atomic E-state index is 12.0. The van der Waals surface area contributed by atoms with E-state index in [0.717, 1.165) is 25.9 Å². The second-order valence-electron chi connectivity index (χ2n) is 6.63. The first-order valence-corrected chi connectivity index (χ1v) is 7.81. The summed E-state index contributed by atoms with van der Waals surface area (Å²) in [5.41, 5.74) is 2.10. The molecule has 0 aliphatic carbocycles. The summed E-state index contributed by atoms with van der Waals surface area (Å²) in [4.78, 5) is 12.0. The van der Waals surface area contributed by atoms with Gasteiger partial charge in [0.25, 0.3) is 0 Å². The molecule has 21 heavy (non-hydrogen) atoms. The minimum atomic E-state index is -0.400. The number of epoxide rings is 1. The lowest BCUT2D eigenvalue weighted by atomic mass is 9.90. The van der Waals surface area contributed by atoms with E-state index in [0.29, 0.717) is 6.10 Å². The third kappa shape index (κ3) is 4.85. The van der Waals surface area contributed by atoms with Crippen molar-refractivity contribution in [2.24, 2.45) is 5.41 Å². The number of benzene rings is 1. The largest absolute Gasteiger partial charge is 0.462 e. The molecule has 0 aromatic heterocycles. The quantitative estimate of drug-likeness (QED) is 0.569. The van der Waals surface area contributed by atoms with Crippen LogP contribution in [0.15, 0.2) is 24.3 Å². The Hall–Kier alpha value is -1.35. The van der Waals surface area contributed by atoms with Crippen molar-refractivity contribution in [3.05, 3.63) is 35.4 Å². The molecule has 0 N–H and O–H groups in total. The van der Waals surface area contributed by atoms with Crippen molar-refractivity contribution in [1.29, 1.82) is 0 Å². The number of hydrogen-bond donors (Lipinski definition) is 0. The van der Waals surface area contributed by atoms with Gasteiger partial charge < -0.3 is 9.47 Å². The average molecular weight is 290 g/mol. The highest BCUT2D eigenvalue weighted by atomic mass is 16.6. The molecule has 2 unspecified atom stereocenters. The topological polar surface area (TPSA) is 38.8 Å². The molecule has 2 rings (SSSR count). The van der Waals surface area contributed by atoms with Gasteiger partial charge in [0, 0.05) is 12.8 Å². The number of carbonyl (C=O) groups excluding carboxylic acids is 1. The third-order valence-corrected chi connectivity index (χ3v) is 4.16. The maximum Gasteiger partial charge on any atom is 0.311 e. The first-order valence-electron chi connectivity index (χ1n) is 7.81. The summed E-state index contributed by atoms with van der Waals surface area (Å²) in [6, 6.07) is 8.52. The first kappa shape index (κ1) is 16.0. The van der Waals surface area contributed by atoms with Crippen LogP contribution in [0.4, 0.5) is 0 Å². The van der Waals surface area contributed by atoms with Crippen molar-refractivity contribution < 1.29 is 14.3 Å². The van der Waals surface area contributed by atoms with E-state index in [1.54, 1.807) is 0 Å². The number of carbonyl (C=O) groups is 1. The van der Waals surface area contributed by atoms with Gasteiger partial charge in [0.1, 0.15) is 6.10 Å². The first-order chi connectivity index (χ1) is 9.90. The number of rotatable bonds is 7. The van der Waals surface area contributed by atoms with Gasteiger partial charge in [0.15, 0.2) is 0 Å². The van der Waals surface area contributed by atoms with Crippen LogP contribution in [0.5, 0.6) is 0 Å². The molecule has 2 atom stereocenters. The molecule has 3 nitrogen and oxygen atoms in total. The standard InChI is InChI=1S/C18H26O3/c1-5-18(3,4)17(19)21-13(2)10-14-6-8-15(9-7-14)11-16-12-20-16/h6-9,13,16H,5,10-12H2,1-4H3. The fourth-order valence-electron chi connectivity index (χ4n) is 2.12. The van der Waals surface area contributed by atoms with Crippen molar-refractivity contribution in [3.8, 4) is 0 Å². The van der Waals surface area contributed by atoms with Crippen LogP contribution < -0.4 is 0 Å². The van der Waals surface area contributed by atoms with E-state index in [9.17, 15) is 4.79 Å². The zero-order chi connectivity index (χ0) is 15.5. The highest BCUT2D eigenvalue weighted by molar-refractivity contribution is 5.75. The van der Waals surface area contributed by atoms with Crippen LogP contribution in [0.3, 0.4) is 0 Å². The Kier molecular flexibility index (Phi) is 5.04. The summed E-state index contributed by atoms with van der Waals surface area (Å²) in [6.45, 7) is 8.71. The summed E-state index contributed by atoms with van der Waals surface area (Å²) in [5, 5.41) is 0. The van der Waals surface area contributed by atoms with E-state index < -0.39 is 5.41 Å². The van der Waals surface area contributed by atoms with Crippen molar-refractivity contribution >= 4 is 5.97 Å². The number of hydrogen-bond acceptors (Lipinski definition) is 3. The third-order valence-electron chi connectivity index (χ3n) is 4.16. The fourth-order valence-corrected chi connectivity index (χ4v) is 2.12. The summed E-state index contributed by atoms with van der Waals surface area (Å²) in [7, 11) is 0. The van der Waals surface area contributed by atoms with Crippen LogP contribution >= 0.6 is 0 Å². The molecular weight excluding hydrogens is 264 g/mol. The lowest BCUT2D eigenvalue weighted by Crippen LogP contribution is -2.29. The Morgan fingerprint density at radius 3 is 2.43 bits per heavy atom. The van der Waals surface area contributed by atoms with Gasteiger partial charge in [-0.25, -0.2) is 0 Å². The van der Waals surface area contributed by atoms with Gasteiger partial charge in [-0.15, -0.1) is 0 Å². The Bertz CT molecular complexity index is 472. The predicted molar refractivity (Wildman–Crippen MR) is 83.2 cm³/mol. The van der Waals surface area contributed by atoms with Crippen molar-refractivity contribution in [2.45, 2.75) is 59.2 Å². The van der Waals surface area contributed by atoms with Crippen LogP contribution in [0, 0.1) is 5.41 Å². The molecule has 116 valence electrons. The highest BCUT2D eigenvalue weighted by Gasteiger charge is 2.28. The van der Waals surface area contributed by atoms with E-state index in [2.05, 4.69) is 24.3 Å². The summed E-state index contributed by atoms with van der Waals surface area (Å²) in [5.74, 6) is -0.111. The zero-order valence-electron chi connectivity index (χ0n) is 13.5. The molecule has 0 radical (unpaired) electrons. The second-order valence-corrected chi connectivity index (χ2v) is 6.63. The zero-order valence-corrected chi connectivity index (χ0v) is 13.5. The molecule has 0 saturated carbocycles. The van der Waals surface area contributed by atoms with E-state index >= 15 is 0 Å². The normalized spacial score (nSPS) is 19.1. The summed E-state index contributed by atoms with van der Waals surface area (Å²) < 4.78 is 10.8. The van der Waals surface area contributed by atoms with Crippen molar-refractivity contribution in [1.82, 2.24) is 0 Å². The van der Waals surface area contributed by atoms with Crippen molar-refractivity contribution in [3.63, 3.8) is 0 Å². The molecule has 1 aliphatic heterocycles. The minimum Gasteiger partial charge on any atom is -0.462 e. The van der Waals surface area contributed by atoms with E-state index in [1.165, 1.54) is 11.1 Å².